The molecule has 0 N–H and O–H groups in total. The number of anilines is 1. The number of amides is 1. The second-order valence-corrected chi connectivity index (χ2v) is 6.41. The van der Waals surface area contributed by atoms with Gasteiger partial charge in [0.2, 0.25) is 0 Å². The third kappa shape index (κ3) is 2.65. The van der Waals surface area contributed by atoms with Crippen LogP contribution in [0.25, 0.3) is 0 Å². The molecular formula is C17H17ClN4O. The molecule has 0 spiro atoms. The van der Waals surface area contributed by atoms with Gasteiger partial charge in [-0.3, -0.25) is 4.79 Å². The van der Waals surface area contributed by atoms with E-state index in [0.29, 0.717) is 16.9 Å². The standard InChI is InChI=1S/C17H17ClN4O/c18-16-7-6-14(19-20-16)17(23)21-8-3-9-22-13(11-21)10-12-4-1-2-5-15(12)22/h1-2,4-7,13H,3,8-11H2/t13-/m1/s1. The molecule has 1 amide bonds. The van der Waals surface area contributed by atoms with E-state index in [0.717, 1.165) is 32.5 Å². The number of nitrogens with zero attached hydrogens (tertiary/aromatic N) is 4. The summed E-state index contributed by atoms with van der Waals surface area (Å²) < 4.78 is 0. The van der Waals surface area contributed by atoms with Crippen LogP contribution in [-0.2, 0) is 6.42 Å². The van der Waals surface area contributed by atoms with Crippen LogP contribution in [0, 0.1) is 0 Å². The summed E-state index contributed by atoms with van der Waals surface area (Å²) in [6.07, 6.45) is 1.95. The molecule has 118 valence electrons. The lowest BCUT2D eigenvalue weighted by molar-refractivity contribution is 0.0748. The maximum absolute atomic E-state index is 12.7. The number of halogens is 1. The van der Waals surface area contributed by atoms with Crippen LogP contribution in [0.1, 0.15) is 22.5 Å². The van der Waals surface area contributed by atoms with E-state index in [1.807, 2.05) is 4.90 Å². The van der Waals surface area contributed by atoms with E-state index in [-0.39, 0.29) is 5.91 Å². The van der Waals surface area contributed by atoms with Crippen LogP contribution in [0.4, 0.5) is 5.69 Å². The lowest BCUT2D eigenvalue weighted by Crippen LogP contribution is -2.41. The number of rotatable bonds is 1. The third-order valence-corrected chi connectivity index (χ3v) is 4.80. The number of hydrogen-bond acceptors (Lipinski definition) is 4. The van der Waals surface area contributed by atoms with Gasteiger partial charge in [0.05, 0.1) is 6.04 Å². The molecule has 1 saturated heterocycles. The van der Waals surface area contributed by atoms with Gasteiger partial charge in [0.1, 0.15) is 0 Å². The van der Waals surface area contributed by atoms with E-state index in [1.54, 1.807) is 12.1 Å². The molecule has 2 aliphatic rings. The topological polar surface area (TPSA) is 49.3 Å². The average molecular weight is 329 g/mol. The first-order chi connectivity index (χ1) is 11.2. The molecule has 6 heteroatoms. The van der Waals surface area contributed by atoms with Crippen LogP contribution < -0.4 is 4.90 Å². The van der Waals surface area contributed by atoms with Gasteiger partial charge < -0.3 is 9.80 Å². The Morgan fingerprint density at radius 3 is 2.83 bits per heavy atom. The van der Waals surface area contributed by atoms with Gasteiger partial charge in [-0.15, -0.1) is 10.2 Å². The summed E-state index contributed by atoms with van der Waals surface area (Å²) in [6.45, 7) is 2.45. The highest BCUT2D eigenvalue weighted by Crippen LogP contribution is 2.33. The quantitative estimate of drug-likeness (QED) is 0.806. The number of carbonyl (C=O) groups excluding carboxylic acids is 1. The van der Waals surface area contributed by atoms with E-state index in [1.165, 1.54) is 11.3 Å². The second kappa shape index (κ2) is 5.81. The van der Waals surface area contributed by atoms with Crippen molar-refractivity contribution in [1.82, 2.24) is 15.1 Å². The Hall–Kier alpha value is -2.14. The molecule has 1 atom stereocenters. The van der Waals surface area contributed by atoms with E-state index in [4.69, 9.17) is 11.6 Å². The molecule has 3 heterocycles. The summed E-state index contributed by atoms with van der Waals surface area (Å²) in [5.41, 5.74) is 3.05. The van der Waals surface area contributed by atoms with E-state index in [9.17, 15) is 4.79 Å². The van der Waals surface area contributed by atoms with E-state index in [2.05, 4.69) is 39.4 Å². The van der Waals surface area contributed by atoms with Crippen molar-refractivity contribution in [3.05, 3.63) is 52.8 Å². The van der Waals surface area contributed by atoms with Gasteiger partial charge in [0.15, 0.2) is 10.8 Å². The van der Waals surface area contributed by atoms with Crippen LogP contribution in [0.2, 0.25) is 5.15 Å². The smallest absolute Gasteiger partial charge is 0.274 e. The largest absolute Gasteiger partial charge is 0.366 e. The first kappa shape index (κ1) is 14.5. The monoisotopic (exact) mass is 328 g/mol. The average Bonchev–Trinajstić information content (AvgIpc) is 2.78. The Kier molecular flexibility index (Phi) is 3.65. The molecule has 5 nitrogen and oxygen atoms in total. The Balaban J connectivity index is 1.55. The van der Waals surface area contributed by atoms with Crippen LogP contribution in [0.3, 0.4) is 0 Å². The van der Waals surface area contributed by atoms with Gasteiger partial charge in [-0.25, -0.2) is 0 Å². The van der Waals surface area contributed by atoms with Crippen molar-refractivity contribution >= 4 is 23.2 Å². The molecule has 1 aromatic carbocycles. The molecule has 0 unspecified atom stereocenters. The highest BCUT2D eigenvalue weighted by Gasteiger charge is 2.34. The number of hydrogen-bond donors (Lipinski definition) is 0. The van der Waals surface area contributed by atoms with Crippen molar-refractivity contribution in [2.75, 3.05) is 24.5 Å². The zero-order chi connectivity index (χ0) is 15.8. The van der Waals surface area contributed by atoms with Gasteiger partial charge >= 0.3 is 0 Å². The number of para-hydroxylation sites is 1. The first-order valence-electron chi connectivity index (χ1n) is 7.85. The fraction of sp³-hybridized carbons (Fsp3) is 0.353. The Morgan fingerprint density at radius 2 is 2.00 bits per heavy atom. The molecule has 2 aliphatic heterocycles. The number of benzene rings is 1. The maximum atomic E-state index is 12.7. The minimum atomic E-state index is -0.0630. The molecule has 0 saturated carbocycles. The van der Waals surface area contributed by atoms with Crippen molar-refractivity contribution in [3.8, 4) is 0 Å². The fourth-order valence-corrected chi connectivity index (χ4v) is 3.65. The molecule has 2 aromatic rings. The molecule has 1 fully saturated rings. The zero-order valence-corrected chi connectivity index (χ0v) is 13.4. The minimum Gasteiger partial charge on any atom is -0.366 e. The third-order valence-electron chi connectivity index (χ3n) is 4.59. The second-order valence-electron chi connectivity index (χ2n) is 6.03. The van der Waals surface area contributed by atoms with Crippen molar-refractivity contribution in [2.45, 2.75) is 18.9 Å². The predicted octanol–water partition coefficient (Wildman–Crippen LogP) is 2.41. The van der Waals surface area contributed by atoms with Crippen molar-refractivity contribution < 1.29 is 4.79 Å². The highest BCUT2D eigenvalue weighted by atomic mass is 35.5. The van der Waals surface area contributed by atoms with E-state index < -0.39 is 0 Å². The lowest BCUT2D eigenvalue weighted by Gasteiger charge is -2.27. The molecular weight excluding hydrogens is 312 g/mol. The fourth-order valence-electron chi connectivity index (χ4n) is 3.54. The van der Waals surface area contributed by atoms with Crippen LogP contribution in [-0.4, -0.2) is 46.7 Å². The summed E-state index contributed by atoms with van der Waals surface area (Å²) in [5.74, 6) is -0.0630. The van der Waals surface area contributed by atoms with Crippen molar-refractivity contribution in [2.24, 2.45) is 0 Å². The minimum absolute atomic E-state index is 0.0630. The lowest BCUT2D eigenvalue weighted by atomic mass is 10.1. The molecule has 4 rings (SSSR count). The number of aromatic nitrogens is 2. The Morgan fingerprint density at radius 1 is 1.13 bits per heavy atom. The van der Waals surface area contributed by atoms with E-state index >= 15 is 0 Å². The van der Waals surface area contributed by atoms with Gasteiger partial charge in [-0.05, 0) is 36.6 Å². The number of fused-ring (bicyclic) bond motifs is 3. The van der Waals surface area contributed by atoms with Gasteiger partial charge in [0.25, 0.3) is 5.91 Å². The first-order valence-corrected chi connectivity index (χ1v) is 8.23. The van der Waals surface area contributed by atoms with Crippen molar-refractivity contribution in [3.63, 3.8) is 0 Å². The van der Waals surface area contributed by atoms with Crippen LogP contribution >= 0.6 is 11.6 Å². The summed E-state index contributed by atoms with van der Waals surface area (Å²) in [4.78, 5) is 17.0. The predicted molar refractivity (Wildman–Crippen MR) is 88.8 cm³/mol. The highest BCUT2D eigenvalue weighted by molar-refractivity contribution is 6.29. The maximum Gasteiger partial charge on any atom is 0.274 e. The summed E-state index contributed by atoms with van der Waals surface area (Å²) in [7, 11) is 0. The van der Waals surface area contributed by atoms with Gasteiger partial charge in [-0.1, -0.05) is 29.8 Å². The molecule has 0 radical (unpaired) electrons. The van der Waals surface area contributed by atoms with Crippen molar-refractivity contribution in [1.29, 1.82) is 0 Å². The molecule has 23 heavy (non-hydrogen) atoms. The van der Waals surface area contributed by atoms with Gasteiger partial charge in [-0.2, -0.15) is 0 Å². The zero-order valence-electron chi connectivity index (χ0n) is 12.7. The Labute approximate surface area is 139 Å². The van der Waals surface area contributed by atoms with Gasteiger partial charge in [0, 0.05) is 25.3 Å². The molecule has 0 aliphatic carbocycles. The Bertz CT molecular complexity index is 734. The SMILES string of the molecule is O=C(c1ccc(Cl)nn1)N1CCCN2c3ccccc3C[C@@H]2C1. The van der Waals surface area contributed by atoms with Crippen LogP contribution in [0.15, 0.2) is 36.4 Å². The summed E-state index contributed by atoms with van der Waals surface area (Å²) in [6, 6.07) is 12.1. The normalized spacial score (nSPS) is 20.0. The summed E-state index contributed by atoms with van der Waals surface area (Å²) >= 11 is 5.75. The molecule has 1 aromatic heterocycles. The molecule has 0 bridgehead atoms. The number of carbonyl (C=O) groups is 1. The van der Waals surface area contributed by atoms with Crippen LogP contribution in [0.5, 0.6) is 0 Å². The summed E-state index contributed by atoms with van der Waals surface area (Å²) in [5, 5.41) is 8.00.